The largest absolute Gasteiger partial charge is 0.431 e. The van der Waals surface area contributed by atoms with Gasteiger partial charge in [0, 0.05) is 5.67 Å². The molecule has 0 radical (unpaired) electrons. The molecule has 0 aliphatic carbocycles. The summed E-state index contributed by atoms with van der Waals surface area (Å²) in [5.74, 6) is 0. The molecule has 0 aliphatic heterocycles. The van der Waals surface area contributed by atoms with Crippen molar-refractivity contribution in [2.24, 2.45) is 0 Å². The maximum absolute atomic E-state index is 9.59. The van der Waals surface area contributed by atoms with Gasteiger partial charge in [-0.05, 0) is 26.1 Å². The molecule has 0 saturated carbocycles. The SMILES string of the molecule is CCCNC(C)[Si](C)(C)O. The number of hydrogen-bond donors (Lipinski definition) is 2. The minimum absolute atomic E-state index is 0.312. The molecule has 0 heterocycles. The number of hydrogen-bond acceptors (Lipinski definition) is 2. The molecule has 2 nitrogen and oxygen atoms in total. The highest BCUT2D eigenvalue weighted by molar-refractivity contribution is 6.71. The van der Waals surface area contributed by atoms with E-state index in [1.807, 2.05) is 13.1 Å². The molecule has 1 atom stereocenters. The Kier molecular flexibility index (Phi) is 4.16. The number of rotatable bonds is 4. The molecule has 10 heavy (non-hydrogen) atoms. The third kappa shape index (κ3) is 4.03. The van der Waals surface area contributed by atoms with Crippen LogP contribution in [0.2, 0.25) is 13.1 Å². The molecule has 2 N–H and O–H groups in total. The monoisotopic (exact) mass is 161 g/mol. The van der Waals surface area contributed by atoms with Crippen molar-refractivity contribution in [3.63, 3.8) is 0 Å². The maximum Gasteiger partial charge on any atom is 0.198 e. The van der Waals surface area contributed by atoms with Gasteiger partial charge >= 0.3 is 0 Å². The van der Waals surface area contributed by atoms with E-state index in [9.17, 15) is 4.80 Å². The van der Waals surface area contributed by atoms with Crippen molar-refractivity contribution < 1.29 is 4.80 Å². The molecular weight excluding hydrogens is 142 g/mol. The third-order valence-corrected chi connectivity index (χ3v) is 4.08. The van der Waals surface area contributed by atoms with E-state index in [-0.39, 0.29) is 0 Å². The van der Waals surface area contributed by atoms with Crippen LogP contribution in [0.1, 0.15) is 20.3 Å². The minimum Gasteiger partial charge on any atom is -0.431 e. The van der Waals surface area contributed by atoms with E-state index in [1.165, 1.54) is 0 Å². The predicted molar refractivity (Wildman–Crippen MR) is 47.5 cm³/mol. The second-order valence-corrected chi connectivity index (χ2v) is 7.50. The molecule has 62 valence electrons. The fourth-order valence-electron chi connectivity index (χ4n) is 0.611. The minimum atomic E-state index is -1.91. The van der Waals surface area contributed by atoms with Crippen molar-refractivity contribution in [2.45, 2.75) is 39.0 Å². The Labute approximate surface area is 64.8 Å². The molecule has 0 spiro atoms. The van der Waals surface area contributed by atoms with Crippen molar-refractivity contribution >= 4 is 8.32 Å². The first kappa shape index (κ1) is 10.1. The van der Waals surface area contributed by atoms with Gasteiger partial charge in [0.05, 0.1) is 0 Å². The van der Waals surface area contributed by atoms with E-state index in [4.69, 9.17) is 0 Å². The fourth-order valence-corrected chi connectivity index (χ4v) is 1.25. The summed E-state index contributed by atoms with van der Waals surface area (Å²) >= 11 is 0. The van der Waals surface area contributed by atoms with Crippen LogP contribution in [-0.2, 0) is 0 Å². The zero-order valence-corrected chi connectivity index (χ0v) is 8.44. The summed E-state index contributed by atoms with van der Waals surface area (Å²) in [5.41, 5.74) is 0.312. The summed E-state index contributed by atoms with van der Waals surface area (Å²) in [6.07, 6.45) is 1.13. The van der Waals surface area contributed by atoms with Crippen molar-refractivity contribution in [1.82, 2.24) is 5.32 Å². The van der Waals surface area contributed by atoms with Crippen LogP contribution in [0.4, 0.5) is 0 Å². The van der Waals surface area contributed by atoms with Crippen LogP contribution >= 0.6 is 0 Å². The van der Waals surface area contributed by atoms with Crippen LogP contribution in [0, 0.1) is 0 Å². The lowest BCUT2D eigenvalue weighted by Crippen LogP contribution is -2.49. The van der Waals surface area contributed by atoms with Gasteiger partial charge in [-0.2, -0.15) is 0 Å². The van der Waals surface area contributed by atoms with Gasteiger partial charge in [0.25, 0.3) is 0 Å². The summed E-state index contributed by atoms with van der Waals surface area (Å²) in [6, 6.07) is 0. The van der Waals surface area contributed by atoms with Gasteiger partial charge < -0.3 is 10.1 Å². The first-order chi connectivity index (χ1) is 4.48. The third-order valence-electron chi connectivity index (χ3n) is 1.76. The highest BCUT2D eigenvalue weighted by Crippen LogP contribution is 2.01. The Morgan fingerprint density at radius 2 is 2.00 bits per heavy atom. The zero-order chi connectivity index (χ0) is 8.20. The lowest BCUT2D eigenvalue weighted by molar-refractivity contribution is 0.498. The average molecular weight is 161 g/mol. The van der Waals surface area contributed by atoms with E-state index in [2.05, 4.69) is 19.2 Å². The Morgan fingerprint density at radius 1 is 1.50 bits per heavy atom. The Morgan fingerprint density at radius 3 is 2.30 bits per heavy atom. The fraction of sp³-hybridized carbons (Fsp3) is 1.00. The molecule has 3 heteroatoms. The number of nitrogens with one attached hydrogen (secondary N) is 1. The van der Waals surface area contributed by atoms with Crippen LogP contribution < -0.4 is 5.32 Å². The van der Waals surface area contributed by atoms with E-state index < -0.39 is 8.32 Å². The van der Waals surface area contributed by atoms with Gasteiger partial charge in [-0.25, -0.2) is 0 Å². The van der Waals surface area contributed by atoms with E-state index in [0.29, 0.717) is 5.67 Å². The molecule has 0 fully saturated rings. The van der Waals surface area contributed by atoms with Gasteiger partial charge in [0.15, 0.2) is 8.32 Å². The zero-order valence-electron chi connectivity index (χ0n) is 7.44. The topological polar surface area (TPSA) is 32.3 Å². The van der Waals surface area contributed by atoms with Gasteiger partial charge in [-0.1, -0.05) is 13.8 Å². The van der Waals surface area contributed by atoms with Gasteiger partial charge in [0.2, 0.25) is 0 Å². The van der Waals surface area contributed by atoms with E-state index in [0.717, 1.165) is 13.0 Å². The quantitative estimate of drug-likeness (QED) is 0.605. The lowest BCUT2D eigenvalue weighted by atomic mass is 10.5. The molecule has 0 aromatic rings. The lowest BCUT2D eigenvalue weighted by Gasteiger charge is -2.23. The predicted octanol–water partition coefficient (Wildman–Crippen LogP) is 1.11. The molecular formula is C7H19NOSi. The second-order valence-electron chi connectivity index (χ2n) is 3.33. The molecule has 0 aromatic carbocycles. The molecule has 0 rings (SSSR count). The van der Waals surface area contributed by atoms with Crippen molar-refractivity contribution in [1.29, 1.82) is 0 Å². The molecule has 0 aromatic heterocycles. The van der Waals surface area contributed by atoms with E-state index in [1.54, 1.807) is 0 Å². The van der Waals surface area contributed by atoms with E-state index >= 15 is 0 Å². The second kappa shape index (κ2) is 4.11. The Balaban J connectivity index is 3.52. The smallest absolute Gasteiger partial charge is 0.198 e. The summed E-state index contributed by atoms with van der Waals surface area (Å²) in [5, 5.41) is 3.28. The van der Waals surface area contributed by atoms with Gasteiger partial charge in [0.1, 0.15) is 0 Å². The first-order valence-corrected chi connectivity index (χ1v) is 6.96. The molecule has 1 unspecified atom stereocenters. The molecule has 0 bridgehead atoms. The van der Waals surface area contributed by atoms with Crippen LogP contribution in [0.3, 0.4) is 0 Å². The van der Waals surface area contributed by atoms with Crippen LogP contribution in [-0.4, -0.2) is 25.3 Å². The summed E-state index contributed by atoms with van der Waals surface area (Å²) in [6.45, 7) is 9.12. The summed E-state index contributed by atoms with van der Waals surface area (Å²) in [7, 11) is -1.91. The van der Waals surface area contributed by atoms with Crippen LogP contribution in [0.5, 0.6) is 0 Å². The summed E-state index contributed by atoms with van der Waals surface area (Å²) in [4.78, 5) is 9.59. The molecule has 0 saturated heterocycles. The standard InChI is InChI=1S/C7H19NOSi/c1-5-6-8-7(2)10(3,4)9/h7-9H,5-6H2,1-4H3. The van der Waals surface area contributed by atoms with Gasteiger partial charge in [-0.15, -0.1) is 0 Å². The highest BCUT2D eigenvalue weighted by atomic mass is 28.4. The summed E-state index contributed by atoms with van der Waals surface area (Å²) < 4.78 is 0. The van der Waals surface area contributed by atoms with Crippen LogP contribution in [0.25, 0.3) is 0 Å². The average Bonchev–Trinajstić information content (AvgIpc) is 1.80. The van der Waals surface area contributed by atoms with Crippen molar-refractivity contribution in [2.75, 3.05) is 6.54 Å². The Hall–Kier alpha value is 0.137. The highest BCUT2D eigenvalue weighted by Gasteiger charge is 2.24. The van der Waals surface area contributed by atoms with Crippen LogP contribution in [0.15, 0.2) is 0 Å². The molecule has 0 aliphatic rings. The maximum atomic E-state index is 9.59. The first-order valence-electron chi connectivity index (χ1n) is 3.94. The Bertz CT molecular complexity index is 90.1. The van der Waals surface area contributed by atoms with Crippen molar-refractivity contribution in [3.8, 4) is 0 Å². The molecule has 0 amide bonds. The van der Waals surface area contributed by atoms with Gasteiger partial charge in [-0.3, -0.25) is 0 Å². The normalized spacial score (nSPS) is 15.3. The van der Waals surface area contributed by atoms with Crippen molar-refractivity contribution in [3.05, 3.63) is 0 Å².